The maximum atomic E-state index is 5.25. The number of nitrogens with zero attached hydrogens (tertiary/aromatic N) is 12. The first kappa shape index (κ1) is 43.3. The van der Waals surface area contributed by atoms with Gasteiger partial charge < -0.3 is 9.80 Å². The highest BCUT2D eigenvalue weighted by molar-refractivity contribution is 8.00. The van der Waals surface area contributed by atoms with Crippen LogP contribution >= 0.6 is 23.5 Å². The Morgan fingerprint density at radius 3 is 0.811 bits per heavy atom. The minimum absolute atomic E-state index is 0.428. The molecule has 0 N–H and O–H groups in total. The van der Waals surface area contributed by atoms with Gasteiger partial charge in [0.05, 0.1) is 34.1 Å². The number of aromatic nitrogens is 10. The fourth-order valence-electron chi connectivity index (χ4n) is 9.43. The summed E-state index contributed by atoms with van der Waals surface area (Å²) in [5.74, 6) is 2.63. The van der Waals surface area contributed by atoms with E-state index in [2.05, 4.69) is 131 Å². The van der Waals surface area contributed by atoms with E-state index in [-0.39, 0.29) is 0 Å². The van der Waals surface area contributed by atoms with Crippen LogP contribution in [0.2, 0.25) is 0 Å². The van der Waals surface area contributed by atoms with Crippen molar-refractivity contribution in [3.63, 3.8) is 0 Å². The van der Waals surface area contributed by atoms with Crippen molar-refractivity contribution in [2.45, 2.75) is 19.6 Å². The normalized spacial score (nSPS) is 12.4. The molecule has 8 heterocycles. The van der Waals surface area contributed by atoms with Crippen LogP contribution in [-0.2, 0) is 0 Å². The van der Waals surface area contributed by atoms with E-state index >= 15 is 0 Å². The summed E-state index contributed by atoms with van der Waals surface area (Å²) in [5.41, 5.74) is 9.86. The van der Waals surface area contributed by atoms with E-state index in [9.17, 15) is 0 Å². The van der Waals surface area contributed by atoms with Crippen molar-refractivity contribution in [2.75, 3.05) is 9.80 Å². The molecule has 14 heteroatoms. The van der Waals surface area contributed by atoms with Crippen molar-refractivity contribution in [2.24, 2.45) is 0 Å². The van der Waals surface area contributed by atoms with Gasteiger partial charge in [-0.1, -0.05) is 96.3 Å². The molecule has 74 heavy (non-hydrogen) atoms. The second-order valence-corrected chi connectivity index (χ2v) is 19.5. The first-order chi connectivity index (χ1) is 36.7. The van der Waals surface area contributed by atoms with Crippen LogP contribution in [0.25, 0.3) is 79.6 Å². The van der Waals surface area contributed by atoms with E-state index in [1.165, 1.54) is 0 Å². The second-order valence-electron chi connectivity index (χ2n) is 17.3. The van der Waals surface area contributed by atoms with Crippen LogP contribution in [0, 0.1) is 0 Å². The molecule has 0 saturated heterocycles. The number of rotatable bonds is 8. The maximum absolute atomic E-state index is 5.25. The predicted octanol–water partition coefficient (Wildman–Crippen LogP) is 14.7. The molecule has 0 radical (unpaired) electrons. The molecule has 0 amide bonds. The molecule has 0 unspecified atom stereocenters. The molecule has 6 aromatic heterocycles. The Morgan fingerprint density at radius 2 is 0.527 bits per heavy atom. The Balaban J connectivity index is 1.13. The zero-order chi connectivity index (χ0) is 49.0. The van der Waals surface area contributed by atoms with Gasteiger partial charge in [0.25, 0.3) is 0 Å². The molecular formula is C60H36N12S2. The number of hydrogen-bond donors (Lipinski definition) is 0. The fraction of sp³-hybridized carbons (Fsp3) is 0. The molecule has 2 aliphatic heterocycles. The molecule has 0 bridgehead atoms. The number of benzene rings is 6. The van der Waals surface area contributed by atoms with Gasteiger partial charge in [-0.05, 0) is 121 Å². The van der Waals surface area contributed by atoms with Crippen molar-refractivity contribution < 1.29 is 0 Å². The van der Waals surface area contributed by atoms with Gasteiger partial charge in [-0.15, -0.1) is 0 Å². The van der Waals surface area contributed by atoms with Gasteiger partial charge in [-0.2, -0.15) is 0 Å². The highest BCUT2D eigenvalue weighted by atomic mass is 32.2. The Bertz CT molecular complexity index is 3640. The van der Waals surface area contributed by atoms with E-state index < -0.39 is 0 Å². The van der Waals surface area contributed by atoms with E-state index in [0.29, 0.717) is 57.7 Å². The van der Waals surface area contributed by atoms with Crippen molar-refractivity contribution >= 4 is 68.4 Å². The van der Waals surface area contributed by atoms with Gasteiger partial charge in [0.2, 0.25) is 0 Å². The number of pyridine rings is 4. The third-order valence-electron chi connectivity index (χ3n) is 12.7. The lowest BCUT2D eigenvalue weighted by atomic mass is 9.96. The molecule has 14 rings (SSSR count). The van der Waals surface area contributed by atoms with Gasteiger partial charge in [0.15, 0.2) is 34.9 Å². The smallest absolute Gasteiger partial charge is 0.182 e. The van der Waals surface area contributed by atoms with E-state index in [4.69, 9.17) is 49.8 Å². The van der Waals surface area contributed by atoms with E-state index in [0.717, 1.165) is 75.6 Å². The summed E-state index contributed by atoms with van der Waals surface area (Å²) in [4.78, 5) is 58.9. The van der Waals surface area contributed by atoms with Crippen LogP contribution in [0.1, 0.15) is 0 Å². The topological polar surface area (TPSA) is 135 Å². The number of para-hydroxylation sites is 4. The van der Waals surface area contributed by atoms with Crippen LogP contribution < -0.4 is 9.80 Å². The summed E-state index contributed by atoms with van der Waals surface area (Å²) in [6, 6.07) is 65.9. The minimum Gasteiger partial charge on any atom is -0.308 e. The Kier molecular flexibility index (Phi) is 10.7. The monoisotopic (exact) mass is 988 g/mol. The van der Waals surface area contributed by atoms with Gasteiger partial charge >= 0.3 is 0 Å². The standard InChI is InChI=1S/C60H36N12S2/c1-5-25-51-45(21-1)71(46-22-2-6-26-52(46)73-51)49-35-37(55-65-57(41-17-9-13-29-61-41)69-58(66-55)42-18-10-14-30-62-42)34-40-39(49)33-38(36-50(40)72-47-23-3-7-27-53(47)74-54-28-8-4-24-48(54)72)56-67-59(43-19-11-15-31-63-43)70-60(68-56)44-20-12-16-32-64-44/h1-36H. The molecule has 0 spiro atoms. The van der Waals surface area contributed by atoms with Crippen LogP contribution in [0.4, 0.5) is 34.1 Å². The average molecular weight is 989 g/mol. The molecule has 2 aliphatic rings. The molecule has 0 atom stereocenters. The van der Waals surface area contributed by atoms with Crippen molar-refractivity contribution in [1.29, 1.82) is 0 Å². The molecule has 12 nitrogen and oxygen atoms in total. The number of anilines is 6. The van der Waals surface area contributed by atoms with Crippen LogP contribution in [0.15, 0.2) is 238 Å². The van der Waals surface area contributed by atoms with Crippen LogP contribution in [0.5, 0.6) is 0 Å². The fourth-order valence-corrected chi connectivity index (χ4v) is 11.5. The van der Waals surface area contributed by atoms with Crippen LogP contribution in [0.3, 0.4) is 0 Å². The SMILES string of the molecule is c1ccc(-c2nc(-c3cc(N4c5ccccc5Sc5ccccc54)c4cc(-c5nc(-c6ccccn6)nc(-c6ccccn6)n5)cc(N5c6ccccc6Sc6ccccc65)c4c3)nc(-c3ccccn3)n2)nc1. The number of fused-ring (bicyclic) bond motifs is 5. The lowest BCUT2D eigenvalue weighted by Crippen LogP contribution is -2.17. The lowest BCUT2D eigenvalue weighted by molar-refractivity contribution is 1.04. The highest BCUT2D eigenvalue weighted by Gasteiger charge is 2.31. The van der Waals surface area contributed by atoms with Gasteiger partial charge in [0, 0.05) is 66.3 Å². The molecule has 0 saturated carbocycles. The lowest BCUT2D eigenvalue weighted by Gasteiger charge is -2.36. The van der Waals surface area contributed by atoms with Gasteiger partial charge in [0.1, 0.15) is 22.8 Å². The number of hydrogen-bond acceptors (Lipinski definition) is 14. The van der Waals surface area contributed by atoms with E-state index in [1.54, 1.807) is 48.3 Å². The summed E-state index contributed by atoms with van der Waals surface area (Å²) in [6.07, 6.45) is 6.99. The zero-order valence-corrected chi connectivity index (χ0v) is 40.6. The zero-order valence-electron chi connectivity index (χ0n) is 39.0. The third kappa shape index (κ3) is 7.76. The van der Waals surface area contributed by atoms with Crippen molar-refractivity contribution in [3.05, 3.63) is 219 Å². The molecule has 6 aromatic carbocycles. The maximum Gasteiger partial charge on any atom is 0.182 e. The summed E-state index contributed by atoms with van der Waals surface area (Å²) in [5, 5.41) is 1.85. The highest BCUT2D eigenvalue weighted by Crippen LogP contribution is 2.57. The van der Waals surface area contributed by atoms with Gasteiger partial charge in [-0.3, -0.25) is 19.9 Å². The Morgan fingerprint density at radius 1 is 0.257 bits per heavy atom. The molecule has 0 fully saturated rings. The van der Waals surface area contributed by atoms with Crippen LogP contribution in [-0.4, -0.2) is 49.8 Å². The summed E-state index contributed by atoms with van der Waals surface area (Å²) in [7, 11) is 0. The largest absolute Gasteiger partial charge is 0.308 e. The summed E-state index contributed by atoms with van der Waals surface area (Å²) >= 11 is 3.52. The molecule has 0 aliphatic carbocycles. The van der Waals surface area contributed by atoms with E-state index in [1.807, 2.05) is 72.8 Å². The van der Waals surface area contributed by atoms with Crippen molar-refractivity contribution in [1.82, 2.24) is 49.8 Å². The van der Waals surface area contributed by atoms with Crippen molar-refractivity contribution in [3.8, 4) is 68.8 Å². The summed E-state index contributed by atoms with van der Waals surface area (Å²) < 4.78 is 0. The first-order valence-corrected chi connectivity index (χ1v) is 25.4. The van der Waals surface area contributed by atoms with Gasteiger partial charge in [-0.25, -0.2) is 29.9 Å². The Labute approximate surface area is 433 Å². The quantitative estimate of drug-likeness (QED) is 0.143. The second kappa shape index (κ2) is 18.3. The average Bonchev–Trinajstić information content (AvgIpc) is 3.48. The predicted molar refractivity (Wildman–Crippen MR) is 292 cm³/mol. The molecule has 12 aromatic rings. The third-order valence-corrected chi connectivity index (χ3v) is 15.0. The Hall–Kier alpha value is -9.50. The molecule has 348 valence electrons. The first-order valence-electron chi connectivity index (χ1n) is 23.8. The molecular weight excluding hydrogens is 953 g/mol. The summed E-state index contributed by atoms with van der Waals surface area (Å²) in [6.45, 7) is 0. The minimum atomic E-state index is 0.428.